The molecule has 0 rings (SSSR count). The van der Waals surface area contributed by atoms with Gasteiger partial charge in [-0.2, -0.15) is 5.10 Å². The summed E-state index contributed by atoms with van der Waals surface area (Å²) in [7, 11) is 0. The van der Waals surface area contributed by atoms with Gasteiger partial charge in [-0.1, -0.05) is 46.0 Å². The molecule has 3 heteroatoms. The predicted octanol–water partition coefficient (Wildman–Crippen LogP) is 3.86. The lowest BCUT2D eigenvalue weighted by molar-refractivity contribution is 0.383. The Bertz CT molecular complexity index is 212. The van der Waals surface area contributed by atoms with Crippen molar-refractivity contribution in [1.82, 2.24) is 5.01 Å². The van der Waals surface area contributed by atoms with E-state index in [9.17, 15) is 0 Å². The van der Waals surface area contributed by atoms with E-state index in [1.165, 1.54) is 38.5 Å². The average molecular weight is 239 g/mol. The fourth-order valence-corrected chi connectivity index (χ4v) is 1.71. The molecule has 17 heavy (non-hydrogen) atoms. The van der Waals surface area contributed by atoms with Crippen LogP contribution in [0.5, 0.6) is 0 Å². The molecule has 0 fully saturated rings. The number of rotatable bonds is 11. The molecule has 100 valence electrons. The van der Waals surface area contributed by atoms with Gasteiger partial charge < -0.3 is 5.73 Å². The fraction of sp³-hybridized carbons (Fsp3) is 0.786. The first-order chi connectivity index (χ1) is 8.24. The third-order valence-corrected chi connectivity index (χ3v) is 2.81. The fourth-order valence-electron chi connectivity index (χ4n) is 1.71. The van der Waals surface area contributed by atoms with E-state index in [-0.39, 0.29) is 0 Å². The van der Waals surface area contributed by atoms with Crippen molar-refractivity contribution >= 4 is 6.72 Å². The Labute approximate surface area is 107 Å². The highest BCUT2D eigenvalue weighted by Gasteiger charge is 1.98. The Balaban J connectivity index is 3.82. The molecule has 0 radical (unpaired) electrons. The SMILES string of the molecule is C=NN(/C=C(\N)CCCCCC)CCCCC. The first kappa shape index (κ1) is 16.0. The van der Waals surface area contributed by atoms with E-state index < -0.39 is 0 Å². The summed E-state index contributed by atoms with van der Waals surface area (Å²) in [5.41, 5.74) is 6.89. The van der Waals surface area contributed by atoms with Crippen molar-refractivity contribution in [3.8, 4) is 0 Å². The minimum atomic E-state index is 0.921. The minimum Gasteiger partial charge on any atom is -0.401 e. The summed E-state index contributed by atoms with van der Waals surface area (Å²) in [6, 6.07) is 0. The molecule has 0 aliphatic rings. The van der Waals surface area contributed by atoms with E-state index in [0.29, 0.717) is 0 Å². The van der Waals surface area contributed by atoms with Crippen LogP contribution in [0.15, 0.2) is 17.0 Å². The van der Waals surface area contributed by atoms with Crippen molar-refractivity contribution in [2.24, 2.45) is 10.8 Å². The second kappa shape index (κ2) is 11.5. The summed E-state index contributed by atoms with van der Waals surface area (Å²) >= 11 is 0. The average Bonchev–Trinajstić information content (AvgIpc) is 2.33. The minimum absolute atomic E-state index is 0.921. The van der Waals surface area contributed by atoms with Gasteiger partial charge in [-0.15, -0.1) is 0 Å². The number of hydrogen-bond acceptors (Lipinski definition) is 3. The summed E-state index contributed by atoms with van der Waals surface area (Å²) in [6.07, 6.45) is 11.5. The Morgan fingerprint density at radius 3 is 2.35 bits per heavy atom. The van der Waals surface area contributed by atoms with Crippen LogP contribution in [0.3, 0.4) is 0 Å². The molecule has 0 aromatic rings. The summed E-state index contributed by atoms with van der Waals surface area (Å²) in [5, 5.41) is 5.84. The summed E-state index contributed by atoms with van der Waals surface area (Å²) < 4.78 is 0. The lowest BCUT2D eigenvalue weighted by atomic mass is 10.1. The lowest BCUT2D eigenvalue weighted by Crippen LogP contribution is -2.14. The van der Waals surface area contributed by atoms with Crippen molar-refractivity contribution in [3.63, 3.8) is 0 Å². The van der Waals surface area contributed by atoms with Crippen LogP contribution in [0, 0.1) is 0 Å². The predicted molar refractivity (Wildman–Crippen MR) is 76.8 cm³/mol. The number of hydrogen-bond donors (Lipinski definition) is 1. The number of hydrazone groups is 1. The van der Waals surface area contributed by atoms with Gasteiger partial charge in [-0.05, 0) is 19.3 Å². The third-order valence-electron chi connectivity index (χ3n) is 2.81. The zero-order valence-electron chi connectivity index (χ0n) is 11.6. The monoisotopic (exact) mass is 239 g/mol. The molecule has 0 aromatic heterocycles. The van der Waals surface area contributed by atoms with E-state index in [0.717, 1.165) is 25.1 Å². The highest BCUT2D eigenvalue weighted by atomic mass is 15.4. The van der Waals surface area contributed by atoms with Gasteiger partial charge in [0.15, 0.2) is 0 Å². The van der Waals surface area contributed by atoms with Gasteiger partial charge in [0.1, 0.15) is 0 Å². The zero-order chi connectivity index (χ0) is 12.9. The molecule has 0 aliphatic carbocycles. The van der Waals surface area contributed by atoms with E-state index in [2.05, 4.69) is 25.7 Å². The van der Waals surface area contributed by atoms with Gasteiger partial charge in [0.05, 0.1) is 0 Å². The molecule has 0 spiro atoms. The highest BCUT2D eigenvalue weighted by Crippen LogP contribution is 2.08. The van der Waals surface area contributed by atoms with Crippen molar-refractivity contribution in [2.45, 2.75) is 65.2 Å². The number of nitrogens with two attached hydrogens (primary N) is 1. The molecule has 0 saturated carbocycles. The molecule has 0 amide bonds. The first-order valence-electron chi connectivity index (χ1n) is 6.94. The van der Waals surface area contributed by atoms with Gasteiger partial charge in [0.25, 0.3) is 0 Å². The zero-order valence-corrected chi connectivity index (χ0v) is 11.6. The number of unbranched alkanes of at least 4 members (excludes halogenated alkanes) is 5. The van der Waals surface area contributed by atoms with Crippen molar-refractivity contribution in [1.29, 1.82) is 0 Å². The molecular weight excluding hydrogens is 210 g/mol. The van der Waals surface area contributed by atoms with Crippen LogP contribution in [-0.2, 0) is 0 Å². The van der Waals surface area contributed by atoms with E-state index in [1.54, 1.807) is 0 Å². The van der Waals surface area contributed by atoms with Gasteiger partial charge in [-0.3, -0.25) is 5.01 Å². The Morgan fingerprint density at radius 1 is 1.12 bits per heavy atom. The van der Waals surface area contributed by atoms with Crippen molar-refractivity contribution in [2.75, 3.05) is 6.54 Å². The normalized spacial score (nSPS) is 11.5. The van der Waals surface area contributed by atoms with Crippen LogP contribution in [0.2, 0.25) is 0 Å². The maximum atomic E-state index is 5.97. The number of nitrogens with zero attached hydrogens (tertiary/aromatic N) is 2. The van der Waals surface area contributed by atoms with Crippen LogP contribution >= 0.6 is 0 Å². The van der Waals surface area contributed by atoms with Crippen LogP contribution in [0.1, 0.15) is 65.2 Å². The Hall–Kier alpha value is -0.990. The second-order valence-corrected chi connectivity index (χ2v) is 4.53. The van der Waals surface area contributed by atoms with Gasteiger partial charge in [0.2, 0.25) is 0 Å². The van der Waals surface area contributed by atoms with Crippen LogP contribution in [0.25, 0.3) is 0 Å². The molecule has 2 N–H and O–H groups in total. The Kier molecular flexibility index (Phi) is 10.8. The standard InChI is InChI=1S/C14H29N3/c1-4-6-8-9-11-14(15)13-17(16-3)12-10-7-5-2/h13H,3-12,15H2,1-2H3/b14-13-. The molecule has 0 aliphatic heterocycles. The maximum absolute atomic E-state index is 5.97. The molecule has 0 atom stereocenters. The lowest BCUT2D eigenvalue weighted by Gasteiger charge is -2.14. The molecule has 0 bridgehead atoms. The quantitative estimate of drug-likeness (QED) is 0.338. The smallest absolute Gasteiger partial charge is 0.0419 e. The highest BCUT2D eigenvalue weighted by molar-refractivity contribution is 5.23. The third kappa shape index (κ3) is 9.91. The number of allylic oxidation sites excluding steroid dienone is 1. The summed E-state index contributed by atoms with van der Waals surface area (Å²) in [6.45, 7) is 8.92. The Morgan fingerprint density at radius 2 is 1.76 bits per heavy atom. The molecule has 0 unspecified atom stereocenters. The van der Waals surface area contributed by atoms with E-state index in [1.807, 2.05) is 11.2 Å². The van der Waals surface area contributed by atoms with Crippen LogP contribution in [0.4, 0.5) is 0 Å². The summed E-state index contributed by atoms with van der Waals surface area (Å²) in [4.78, 5) is 0. The van der Waals surface area contributed by atoms with E-state index >= 15 is 0 Å². The molecule has 0 saturated heterocycles. The topological polar surface area (TPSA) is 41.6 Å². The van der Waals surface area contributed by atoms with E-state index in [4.69, 9.17) is 5.73 Å². The maximum Gasteiger partial charge on any atom is 0.0419 e. The summed E-state index contributed by atoms with van der Waals surface area (Å²) in [5.74, 6) is 0. The van der Waals surface area contributed by atoms with Crippen LogP contribution < -0.4 is 5.73 Å². The second-order valence-electron chi connectivity index (χ2n) is 4.53. The van der Waals surface area contributed by atoms with Crippen molar-refractivity contribution in [3.05, 3.63) is 11.9 Å². The molecule has 0 heterocycles. The van der Waals surface area contributed by atoms with Gasteiger partial charge >= 0.3 is 0 Å². The largest absolute Gasteiger partial charge is 0.401 e. The molecule has 0 aromatic carbocycles. The van der Waals surface area contributed by atoms with Gasteiger partial charge in [-0.25, -0.2) is 0 Å². The van der Waals surface area contributed by atoms with Crippen molar-refractivity contribution < 1.29 is 0 Å². The van der Waals surface area contributed by atoms with Gasteiger partial charge in [0, 0.05) is 25.2 Å². The molecule has 3 nitrogen and oxygen atoms in total. The van der Waals surface area contributed by atoms with Crippen LogP contribution in [-0.4, -0.2) is 18.3 Å². The molecular formula is C14H29N3. The first-order valence-corrected chi connectivity index (χ1v) is 6.94.